The number of hydrogen-bond acceptors (Lipinski definition) is 6. The van der Waals surface area contributed by atoms with Crippen molar-refractivity contribution < 1.29 is 27.7 Å². The van der Waals surface area contributed by atoms with Crippen LogP contribution in [0.2, 0.25) is 0 Å². The first kappa shape index (κ1) is 25.2. The summed E-state index contributed by atoms with van der Waals surface area (Å²) in [4.78, 5) is 40.8. The molecule has 2 N–H and O–H groups in total. The Labute approximate surface area is 208 Å². The molecular formula is C26H29FN4O5. The molecule has 2 heterocycles. The summed E-state index contributed by atoms with van der Waals surface area (Å²) in [6.07, 6.45) is 5.00. The van der Waals surface area contributed by atoms with Crippen LogP contribution in [-0.2, 0) is 20.9 Å². The van der Waals surface area contributed by atoms with Crippen molar-refractivity contribution in [3.05, 3.63) is 71.6 Å². The monoisotopic (exact) mass is 496 g/mol. The topological polar surface area (TPSA) is 118 Å². The van der Waals surface area contributed by atoms with E-state index in [-0.39, 0.29) is 37.2 Å². The molecule has 36 heavy (non-hydrogen) atoms. The molecule has 1 saturated carbocycles. The van der Waals surface area contributed by atoms with Crippen molar-refractivity contribution in [3.63, 3.8) is 0 Å². The Morgan fingerprint density at radius 3 is 2.53 bits per heavy atom. The minimum absolute atomic E-state index is 0.00998. The second kappa shape index (κ2) is 11.7. The summed E-state index contributed by atoms with van der Waals surface area (Å²) < 4.78 is 24.1. The third-order valence-electron chi connectivity index (χ3n) is 6.14. The van der Waals surface area contributed by atoms with Crippen LogP contribution in [0, 0.1) is 12.7 Å². The van der Waals surface area contributed by atoms with E-state index >= 15 is 0 Å². The number of amides is 3. The normalized spacial score (nSPS) is 14.4. The molecule has 3 aromatic rings. The lowest BCUT2D eigenvalue weighted by atomic mass is 10.0. The largest absolute Gasteiger partial charge is 0.467 e. The Morgan fingerprint density at radius 2 is 1.89 bits per heavy atom. The van der Waals surface area contributed by atoms with Gasteiger partial charge in [-0.3, -0.25) is 14.4 Å². The number of anilines is 1. The van der Waals surface area contributed by atoms with Crippen molar-refractivity contribution in [2.24, 2.45) is 0 Å². The summed E-state index contributed by atoms with van der Waals surface area (Å²) in [5.74, 6) is -0.351. The van der Waals surface area contributed by atoms with Crippen LogP contribution >= 0.6 is 0 Å². The number of rotatable bonds is 10. The molecular weight excluding hydrogens is 467 g/mol. The lowest BCUT2D eigenvalue weighted by molar-refractivity contribution is -0.142. The Balaban J connectivity index is 1.55. The number of carbonyl (C=O) groups excluding carboxylic acids is 3. The van der Waals surface area contributed by atoms with E-state index in [1.807, 2.05) is 0 Å². The minimum Gasteiger partial charge on any atom is -0.467 e. The number of benzene rings is 1. The van der Waals surface area contributed by atoms with Crippen molar-refractivity contribution in [2.75, 3.05) is 5.32 Å². The quantitative estimate of drug-likeness (QED) is 0.433. The molecule has 2 aromatic heterocycles. The lowest BCUT2D eigenvalue weighted by Gasteiger charge is -2.32. The van der Waals surface area contributed by atoms with E-state index in [4.69, 9.17) is 8.94 Å². The van der Waals surface area contributed by atoms with Crippen molar-refractivity contribution in [1.29, 1.82) is 0 Å². The molecule has 0 bridgehead atoms. The average molecular weight is 497 g/mol. The number of aromatic nitrogens is 1. The van der Waals surface area contributed by atoms with Gasteiger partial charge >= 0.3 is 0 Å². The number of carbonyl (C=O) groups is 3. The maximum atomic E-state index is 13.7. The van der Waals surface area contributed by atoms with E-state index in [1.165, 1.54) is 35.4 Å². The Morgan fingerprint density at radius 1 is 1.14 bits per heavy atom. The third kappa shape index (κ3) is 6.59. The van der Waals surface area contributed by atoms with Gasteiger partial charge in [-0.15, -0.1) is 0 Å². The summed E-state index contributed by atoms with van der Waals surface area (Å²) in [5.41, 5.74) is 0.467. The second-order valence-electron chi connectivity index (χ2n) is 8.92. The maximum absolute atomic E-state index is 13.7. The highest BCUT2D eigenvalue weighted by Gasteiger charge is 2.34. The van der Waals surface area contributed by atoms with Gasteiger partial charge in [0.25, 0.3) is 0 Å². The first-order valence-electron chi connectivity index (χ1n) is 12.0. The van der Waals surface area contributed by atoms with Crippen LogP contribution in [0.25, 0.3) is 0 Å². The highest BCUT2D eigenvalue weighted by molar-refractivity contribution is 5.94. The van der Waals surface area contributed by atoms with Gasteiger partial charge in [0.05, 0.1) is 12.8 Å². The zero-order valence-electron chi connectivity index (χ0n) is 20.0. The number of aryl methyl sites for hydroxylation is 1. The van der Waals surface area contributed by atoms with E-state index < -0.39 is 23.7 Å². The van der Waals surface area contributed by atoms with E-state index in [0.29, 0.717) is 17.1 Å². The third-order valence-corrected chi connectivity index (χ3v) is 6.14. The minimum atomic E-state index is -1.02. The molecule has 0 spiro atoms. The van der Waals surface area contributed by atoms with Gasteiger partial charge in [-0.1, -0.05) is 30.1 Å². The van der Waals surface area contributed by atoms with Crippen molar-refractivity contribution >= 4 is 23.5 Å². The summed E-state index contributed by atoms with van der Waals surface area (Å²) >= 11 is 0. The van der Waals surface area contributed by atoms with Gasteiger partial charge in [0.15, 0.2) is 5.82 Å². The molecule has 10 heteroatoms. The summed E-state index contributed by atoms with van der Waals surface area (Å²) in [7, 11) is 0. The highest BCUT2D eigenvalue weighted by Crippen LogP contribution is 2.27. The van der Waals surface area contributed by atoms with Crippen LogP contribution in [-0.4, -0.2) is 33.8 Å². The number of hydrogen-bond donors (Lipinski definition) is 2. The van der Waals surface area contributed by atoms with Gasteiger partial charge < -0.3 is 24.5 Å². The van der Waals surface area contributed by atoms with E-state index in [9.17, 15) is 18.8 Å². The van der Waals surface area contributed by atoms with Gasteiger partial charge in [0.2, 0.25) is 17.7 Å². The molecule has 0 aliphatic heterocycles. The fourth-order valence-corrected chi connectivity index (χ4v) is 4.36. The number of furan rings is 1. The summed E-state index contributed by atoms with van der Waals surface area (Å²) in [6.45, 7) is 1.71. The lowest BCUT2D eigenvalue weighted by Crippen LogP contribution is -2.46. The maximum Gasteiger partial charge on any atom is 0.247 e. The smallest absolute Gasteiger partial charge is 0.247 e. The number of nitrogens with zero attached hydrogens (tertiary/aromatic N) is 2. The fourth-order valence-electron chi connectivity index (χ4n) is 4.36. The van der Waals surface area contributed by atoms with Crippen LogP contribution in [0.15, 0.2) is 57.7 Å². The zero-order chi connectivity index (χ0) is 25.5. The standard InChI is InChI=1S/C26H29FN4O5/c1-17-15-22(30-36-17)29-23(32)12-13-24(33)31(16-21-7-4-14-35-21)25(18-8-10-19(27)11-9-18)26(34)28-20-5-2-3-6-20/h4,7-11,14-15,20,25H,2-3,5-6,12-13,16H2,1H3,(H,28,34)(H,29,30,32)/t25-/m1/s1. The molecule has 0 saturated heterocycles. The molecule has 1 aliphatic carbocycles. The van der Waals surface area contributed by atoms with Gasteiger partial charge in [0.1, 0.15) is 23.4 Å². The van der Waals surface area contributed by atoms with Gasteiger partial charge in [0, 0.05) is 24.9 Å². The van der Waals surface area contributed by atoms with E-state index in [2.05, 4.69) is 15.8 Å². The first-order valence-corrected chi connectivity index (χ1v) is 12.0. The van der Waals surface area contributed by atoms with Crippen LogP contribution < -0.4 is 10.6 Å². The molecule has 1 fully saturated rings. The molecule has 1 aliphatic rings. The highest BCUT2D eigenvalue weighted by atomic mass is 19.1. The zero-order valence-corrected chi connectivity index (χ0v) is 20.0. The van der Waals surface area contributed by atoms with Crippen LogP contribution in [0.5, 0.6) is 0 Å². The molecule has 1 aromatic carbocycles. The van der Waals surface area contributed by atoms with Crippen LogP contribution in [0.1, 0.15) is 61.7 Å². The predicted octanol–water partition coefficient (Wildman–Crippen LogP) is 4.26. The summed E-state index contributed by atoms with van der Waals surface area (Å²) in [6, 6.07) is 9.48. The molecule has 4 rings (SSSR count). The summed E-state index contributed by atoms with van der Waals surface area (Å²) in [5, 5.41) is 9.36. The molecule has 9 nitrogen and oxygen atoms in total. The Bertz CT molecular complexity index is 1170. The van der Waals surface area contributed by atoms with Crippen molar-refractivity contribution in [2.45, 2.75) is 64.1 Å². The molecule has 3 amide bonds. The average Bonchev–Trinajstić information content (AvgIpc) is 3.63. The number of nitrogens with one attached hydrogen (secondary N) is 2. The molecule has 0 radical (unpaired) electrons. The first-order chi connectivity index (χ1) is 17.4. The SMILES string of the molecule is Cc1cc(NC(=O)CCC(=O)N(Cc2ccco2)[C@@H](C(=O)NC2CCCC2)c2ccc(F)cc2)no1. The van der Waals surface area contributed by atoms with Gasteiger partial charge in [-0.25, -0.2) is 4.39 Å². The van der Waals surface area contributed by atoms with Crippen molar-refractivity contribution in [1.82, 2.24) is 15.4 Å². The molecule has 190 valence electrons. The van der Waals surface area contributed by atoms with Crippen LogP contribution in [0.3, 0.4) is 0 Å². The molecule has 1 atom stereocenters. The fraction of sp³-hybridized carbons (Fsp3) is 0.385. The van der Waals surface area contributed by atoms with Gasteiger partial charge in [-0.2, -0.15) is 0 Å². The Kier molecular flexibility index (Phi) is 8.14. The Hall–Kier alpha value is -3.95. The van der Waals surface area contributed by atoms with E-state index in [0.717, 1.165) is 25.7 Å². The molecule has 0 unspecified atom stereocenters. The number of halogens is 1. The van der Waals surface area contributed by atoms with Gasteiger partial charge in [-0.05, 0) is 49.6 Å². The predicted molar refractivity (Wildman–Crippen MR) is 128 cm³/mol. The second-order valence-corrected chi connectivity index (χ2v) is 8.92. The van der Waals surface area contributed by atoms with Crippen molar-refractivity contribution in [3.8, 4) is 0 Å². The van der Waals surface area contributed by atoms with E-state index in [1.54, 1.807) is 25.1 Å². The van der Waals surface area contributed by atoms with Crippen LogP contribution in [0.4, 0.5) is 10.2 Å².